The summed E-state index contributed by atoms with van der Waals surface area (Å²) in [5, 5.41) is 10.3. The van der Waals surface area contributed by atoms with Crippen LogP contribution in [0.4, 0.5) is 0 Å². The Morgan fingerprint density at radius 1 is 1.11 bits per heavy atom. The number of para-hydroxylation sites is 1. The lowest BCUT2D eigenvalue weighted by Gasteiger charge is -2.08. The maximum atomic E-state index is 9.31. The van der Waals surface area contributed by atoms with Crippen LogP contribution in [0.25, 0.3) is 10.9 Å². The van der Waals surface area contributed by atoms with Crippen molar-refractivity contribution in [3.8, 4) is 11.5 Å². The number of benzene rings is 2. The summed E-state index contributed by atoms with van der Waals surface area (Å²) in [6.45, 7) is -0.0395. The average Bonchev–Trinajstić information content (AvgIpc) is 2.82. The van der Waals surface area contributed by atoms with Crippen LogP contribution in [0.15, 0.2) is 53.1 Å². The van der Waals surface area contributed by atoms with Crippen LogP contribution < -0.4 is 4.74 Å². The van der Waals surface area contributed by atoms with E-state index in [9.17, 15) is 5.11 Å². The molecule has 0 amide bonds. The number of ether oxygens (including phenoxy) is 1. The summed E-state index contributed by atoms with van der Waals surface area (Å²) in [6.07, 6.45) is 1.82. The zero-order valence-electron chi connectivity index (χ0n) is 10.1. The normalized spacial score (nSPS) is 10.8. The number of hydrogen-bond donors (Lipinski definition) is 2. The Morgan fingerprint density at radius 2 is 1.95 bits per heavy atom. The SMILES string of the molecule is OCc1ccccc1Oc1c[nH]c2ccc(Br)cc12. The molecule has 3 rings (SSSR count). The summed E-state index contributed by atoms with van der Waals surface area (Å²) >= 11 is 3.46. The molecule has 0 aliphatic rings. The number of halogens is 1. The fourth-order valence-corrected chi connectivity index (χ4v) is 2.37. The van der Waals surface area contributed by atoms with Crippen LogP contribution in [0.2, 0.25) is 0 Å². The first-order chi connectivity index (χ1) is 9.28. The first-order valence-corrected chi connectivity index (χ1v) is 6.70. The summed E-state index contributed by atoms with van der Waals surface area (Å²) in [4.78, 5) is 3.16. The number of aliphatic hydroxyl groups is 1. The van der Waals surface area contributed by atoms with Crippen LogP contribution in [0.5, 0.6) is 11.5 Å². The zero-order valence-corrected chi connectivity index (χ0v) is 11.6. The first-order valence-electron chi connectivity index (χ1n) is 5.91. The van der Waals surface area contributed by atoms with Crippen molar-refractivity contribution in [2.24, 2.45) is 0 Å². The molecule has 0 saturated carbocycles. The van der Waals surface area contributed by atoms with Gasteiger partial charge < -0.3 is 14.8 Å². The van der Waals surface area contributed by atoms with E-state index in [0.717, 1.165) is 26.7 Å². The number of nitrogens with one attached hydrogen (secondary N) is 1. The first kappa shape index (κ1) is 12.3. The molecule has 0 saturated heterocycles. The Labute approximate surface area is 119 Å². The molecule has 96 valence electrons. The minimum atomic E-state index is -0.0395. The number of H-pyrrole nitrogens is 1. The van der Waals surface area contributed by atoms with Crippen LogP contribution in [-0.4, -0.2) is 10.1 Å². The van der Waals surface area contributed by atoms with Gasteiger partial charge >= 0.3 is 0 Å². The van der Waals surface area contributed by atoms with Crippen molar-refractivity contribution < 1.29 is 9.84 Å². The molecule has 0 radical (unpaired) electrons. The third-order valence-electron chi connectivity index (χ3n) is 2.97. The zero-order chi connectivity index (χ0) is 13.2. The second-order valence-electron chi connectivity index (χ2n) is 4.21. The van der Waals surface area contributed by atoms with E-state index in [1.54, 1.807) is 0 Å². The monoisotopic (exact) mass is 317 g/mol. The van der Waals surface area contributed by atoms with Gasteiger partial charge in [-0.05, 0) is 24.3 Å². The fourth-order valence-electron chi connectivity index (χ4n) is 2.00. The molecule has 19 heavy (non-hydrogen) atoms. The summed E-state index contributed by atoms with van der Waals surface area (Å²) in [6, 6.07) is 13.4. The lowest BCUT2D eigenvalue weighted by atomic mass is 10.2. The molecule has 3 nitrogen and oxygen atoms in total. The van der Waals surface area contributed by atoms with Gasteiger partial charge in [-0.2, -0.15) is 0 Å². The predicted octanol–water partition coefficient (Wildman–Crippen LogP) is 4.22. The molecule has 0 aliphatic carbocycles. The number of aliphatic hydroxyl groups excluding tert-OH is 1. The van der Waals surface area contributed by atoms with Crippen molar-refractivity contribution in [1.29, 1.82) is 0 Å². The molecule has 3 aromatic rings. The molecule has 1 aromatic heterocycles. The van der Waals surface area contributed by atoms with Crippen LogP contribution in [0, 0.1) is 0 Å². The molecule has 0 unspecified atom stereocenters. The van der Waals surface area contributed by atoms with Gasteiger partial charge in [0.05, 0.1) is 6.61 Å². The molecule has 2 N–H and O–H groups in total. The van der Waals surface area contributed by atoms with E-state index >= 15 is 0 Å². The molecule has 1 heterocycles. The predicted molar refractivity (Wildman–Crippen MR) is 78.4 cm³/mol. The van der Waals surface area contributed by atoms with E-state index in [1.807, 2.05) is 48.7 Å². The van der Waals surface area contributed by atoms with Crippen LogP contribution >= 0.6 is 15.9 Å². The van der Waals surface area contributed by atoms with E-state index in [4.69, 9.17) is 4.74 Å². The number of rotatable bonds is 3. The van der Waals surface area contributed by atoms with E-state index in [1.165, 1.54) is 0 Å². The molecule has 4 heteroatoms. The van der Waals surface area contributed by atoms with Crippen molar-refractivity contribution in [2.45, 2.75) is 6.61 Å². The third-order valence-corrected chi connectivity index (χ3v) is 3.46. The van der Waals surface area contributed by atoms with Gasteiger partial charge in [0.1, 0.15) is 5.75 Å². The van der Waals surface area contributed by atoms with Gasteiger partial charge in [-0.25, -0.2) is 0 Å². The Hall–Kier alpha value is -1.78. The highest BCUT2D eigenvalue weighted by molar-refractivity contribution is 9.10. The van der Waals surface area contributed by atoms with Gasteiger partial charge in [-0.15, -0.1) is 0 Å². The standard InChI is InChI=1S/C15H12BrNO2/c16-11-5-6-13-12(7-11)15(8-17-13)19-14-4-2-1-3-10(14)9-18/h1-8,17-18H,9H2. The average molecular weight is 318 g/mol. The van der Waals surface area contributed by atoms with Gasteiger partial charge in [0.2, 0.25) is 0 Å². The Bertz CT molecular complexity index is 721. The lowest BCUT2D eigenvalue weighted by molar-refractivity contribution is 0.276. The van der Waals surface area contributed by atoms with Crippen LogP contribution in [0.3, 0.4) is 0 Å². The summed E-state index contributed by atoms with van der Waals surface area (Å²) in [7, 11) is 0. The van der Waals surface area contributed by atoms with Crippen molar-refractivity contribution in [3.63, 3.8) is 0 Å². The van der Waals surface area contributed by atoms with Gasteiger partial charge in [0.25, 0.3) is 0 Å². The minimum absolute atomic E-state index is 0.0395. The number of aromatic amines is 1. The molecule has 0 atom stereocenters. The van der Waals surface area contributed by atoms with Gasteiger partial charge in [0, 0.05) is 27.1 Å². The Kier molecular flexibility index (Phi) is 3.27. The van der Waals surface area contributed by atoms with E-state index < -0.39 is 0 Å². The molecule has 0 fully saturated rings. The van der Waals surface area contributed by atoms with Crippen LogP contribution in [0.1, 0.15) is 5.56 Å². The second kappa shape index (κ2) is 5.07. The highest BCUT2D eigenvalue weighted by Gasteiger charge is 2.08. The van der Waals surface area contributed by atoms with Gasteiger partial charge in [-0.3, -0.25) is 0 Å². The Balaban J connectivity index is 2.03. The number of hydrogen-bond acceptors (Lipinski definition) is 2. The lowest BCUT2D eigenvalue weighted by Crippen LogP contribution is -1.90. The molecule has 0 spiro atoms. The second-order valence-corrected chi connectivity index (χ2v) is 5.13. The third kappa shape index (κ3) is 2.37. The van der Waals surface area contributed by atoms with Crippen molar-refractivity contribution in [3.05, 3.63) is 58.7 Å². The highest BCUT2D eigenvalue weighted by Crippen LogP contribution is 2.33. The molecular formula is C15H12BrNO2. The number of fused-ring (bicyclic) bond motifs is 1. The maximum absolute atomic E-state index is 9.31. The number of aromatic nitrogens is 1. The van der Waals surface area contributed by atoms with Crippen LogP contribution in [-0.2, 0) is 6.61 Å². The maximum Gasteiger partial charge on any atom is 0.152 e. The molecular weight excluding hydrogens is 306 g/mol. The summed E-state index contributed by atoms with van der Waals surface area (Å²) in [5.74, 6) is 1.42. The smallest absolute Gasteiger partial charge is 0.152 e. The molecule has 0 bridgehead atoms. The largest absolute Gasteiger partial charge is 0.455 e. The van der Waals surface area contributed by atoms with Crippen molar-refractivity contribution in [1.82, 2.24) is 4.98 Å². The van der Waals surface area contributed by atoms with E-state index in [-0.39, 0.29) is 6.61 Å². The summed E-state index contributed by atoms with van der Waals surface area (Å²) < 4.78 is 6.90. The highest BCUT2D eigenvalue weighted by atomic mass is 79.9. The molecule has 2 aromatic carbocycles. The topological polar surface area (TPSA) is 45.2 Å². The molecule has 0 aliphatic heterocycles. The van der Waals surface area contributed by atoms with Crippen molar-refractivity contribution in [2.75, 3.05) is 0 Å². The van der Waals surface area contributed by atoms with E-state index in [2.05, 4.69) is 20.9 Å². The quantitative estimate of drug-likeness (QED) is 0.759. The van der Waals surface area contributed by atoms with Crippen molar-refractivity contribution >= 4 is 26.8 Å². The Morgan fingerprint density at radius 3 is 2.79 bits per heavy atom. The minimum Gasteiger partial charge on any atom is -0.455 e. The van der Waals surface area contributed by atoms with E-state index in [0.29, 0.717) is 5.75 Å². The summed E-state index contributed by atoms with van der Waals surface area (Å²) in [5.41, 5.74) is 1.78. The van der Waals surface area contributed by atoms with Gasteiger partial charge in [0.15, 0.2) is 5.75 Å². The van der Waals surface area contributed by atoms with Gasteiger partial charge in [-0.1, -0.05) is 34.1 Å². The fraction of sp³-hybridized carbons (Fsp3) is 0.0667.